The maximum atomic E-state index is 15.1. The van der Waals surface area contributed by atoms with Crippen molar-refractivity contribution in [2.24, 2.45) is 5.41 Å². The summed E-state index contributed by atoms with van der Waals surface area (Å²) >= 11 is 8.11. The van der Waals surface area contributed by atoms with Gasteiger partial charge in [-0.2, -0.15) is 9.97 Å². The zero-order valence-electron chi connectivity index (χ0n) is 68.6. The molecule has 5 atom stereocenters. The number of nitrogens with one attached hydrogen (secondary N) is 9. The number of benzene rings is 4. The molecule has 0 radical (unpaired) electrons. The number of para-hydroxylation sites is 1. The summed E-state index contributed by atoms with van der Waals surface area (Å²) in [5.41, 5.74) is 13.4. The number of halogens is 1. The Bertz CT molecular complexity index is 5400. The lowest BCUT2D eigenvalue weighted by atomic mass is 9.85. The van der Waals surface area contributed by atoms with Gasteiger partial charge in [-0.1, -0.05) is 74.0 Å². The van der Waals surface area contributed by atoms with E-state index in [0.717, 1.165) is 32.8 Å². The van der Waals surface area contributed by atoms with E-state index in [0.29, 0.717) is 79.5 Å². The van der Waals surface area contributed by atoms with Crippen LogP contribution in [0.25, 0.3) is 21.6 Å². The average molecular weight is 1700 g/mol. The number of carboxylic acid groups (broad SMARTS) is 1. The van der Waals surface area contributed by atoms with Gasteiger partial charge in [0, 0.05) is 69.2 Å². The number of carbonyl (C=O) groups excluding carboxylic acids is 7. The van der Waals surface area contributed by atoms with Crippen LogP contribution in [0.15, 0.2) is 119 Å². The monoisotopic (exact) mass is 1700 g/mol. The Hall–Kier alpha value is -12.1. The summed E-state index contributed by atoms with van der Waals surface area (Å²) in [4.78, 5) is 155. The molecule has 2 aliphatic rings. The number of nitrogens with two attached hydrogens (primary N) is 1. The highest BCUT2D eigenvalue weighted by Crippen LogP contribution is 2.40. The standard InChI is InChI=1S/C83H102ClN21O13S2/c1-46(2)118-65-38-59(48(5)36-63(65)96-82-89-42-60(84)74(99-82)94-61-16-11-12-17-66(61)120(116,117)47(3)4)52-31-34-103(35-32-52)70(109)20-15-19-69(108)97-73(83(8,9)10)79(113)105-44-56(37-64(105)77(111)91-49(6)51-21-23-53(24-22-51)72-50(7)90-45-119-72)92-68(107)18-13-14-33-104-43-58(101-102-104)41-87-67(106)30-29-62(80(114)115)95-76(110)54-25-27-55(28-26-54)86-39-57-40-88-75-71(93-57)78(112)100-81(85)98-75/h11-12,16-17,21-28,36,38,40,42-43,45-47,49,52,56,62,64,73,86H,13-15,18-20,29-35,37,39,41,44H2,1-10H3,(H,87,106)(H,91,111)(H,92,107)(H,95,110)(H,97,108)(H,114,115)(H2,89,94,96,99)(H3,85,88,98,100,112)/t49-,56+,62-,64-,73+/m0/s1. The van der Waals surface area contributed by atoms with E-state index in [1.807, 2.05) is 96.7 Å². The zero-order chi connectivity index (χ0) is 86.3. The number of carboxylic acids is 1. The van der Waals surface area contributed by atoms with Crippen LogP contribution in [0.3, 0.4) is 0 Å². The second-order valence-electron chi connectivity index (χ2n) is 31.6. The Morgan fingerprint density at radius 1 is 0.783 bits per heavy atom. The van der Waals surface area contributed by atoms with Crippen LogP contribution in [0.1, 0.15) is 182 Å². The first kappa shape index (κ1) is 88.8. The van der Waals surface area contributed by atoms with Gasteiger partial charge in [0.05, 0.1) is 87.1 Å². The molecule has 7 amide bonds. The summed E-state index contributed by atoms with van der Waals surface area (Å²) in [6, 6.07) is 19.9. The molecule has 7 heterocycles. The Morgan fingerprint density at radius 2 is 1.52 bits per heavy atom. The number of piperidine rings is 1. The number of carbonyl (C=O) groups is 8. The topological polar surface area (TPSA) is 470 Å². The molecule has 0 aliphatic carbocycles. The molecule has 0 saturated carbocycles. The largest absolute Gasteiger partial charge is 0.489 e. The number of hydrogen-bond donors (Lipinski definition) is 11. The first-order chi connectivity index (χ1) is 57.1. The zero-order valence-corrected chi connectivity index (χ0v) is 71.0. The van der Waals surface area contributed by atoms with E-state index in [1.54, 1.807) is 60.6 Å². The van der Waals surface area contributed by atoms with Gasteiger partial charge < -0.3 is 67.9 Å². The molecule has 2 fully saturated rings. The number of rotatable bonds is 36. The Balaban J connectivity index is 0.639. The van der Waals surface area contributed by atoms with E-state index in [1.165, 1.54) is 46.8 Å². The van der Waals surface area contributed by atoms with Crippen LogP contribution >= 0.6 is 22.9 Å². The fourth-order valence-electron chi connectivity index (χ4n) is 14.2. The van der Waals surface area contributed by atoms with Crippen molar-refractivity contribution in [2.75, 3.05) is 41.3 Å². The molecule has 12 N–H and O–H groups in total. The minimum Gasteiger partial charge on any atom is -0.489 e. The number of aromatic nitrogens is 10. The van der Waals surface area contributed by atoms with Gasteiger partial charge in [-0.3, -0.25) is 48.0 Å². The van der Waals surface area contributed by atoms with Crippen LogP contribution in [0.4, 0.5) is 34.8 Å². The van der Waals surface area contributed by atoms with E-state index in [-0.39, 0.29) is 133 Å². The number of aliphatic carboxylic acids is 1. The number of ether oxygens (including phenoxy) is 1. The third kappa shape index (κ3) is 23.3. The van der Waals surface area contributed by atoms with Crippen molar-refractivity contribution in [1.29, 1.82) is 0 Å². The summed E-state index contributed by atoms with van der Waals surface area (Å²) in [6.45, 7) is 19.8. The van der Waals surface area contributed by atoms with Crippen molar-refractivity contribution in [3.63, 3.8) is 0 Å². The van der Waals surface area contributed by atoms with Crippen LogP contribution in [-0.4, -0.2) is 176 Å². The summed E-state index contributed by atoms with van der Waals surface area (Å²) in [5.74, 6) is -3.28. The molecule has 2 saturated heterocycles. The fraction of sp³-hybridized carbons (Fsp3) is 0.434. The average Bonchev–Trinajstić information content (AvgIpc) is 1.64. The van der Waals surface area contributed by atoms with Crippen LogP contribution < -0.4 is 58.6 Å². The lowest BCUT2D eigenvalue weighted by molar-refractivity contribution is -0.144. The molecule has 0 spiro atoms. The van der Waals surface area contributed by atoms with Crippen LogP contribution in [0, 0.1) is 19.3 Å². The molecule has 11 rings (SSSR count). The molecule has 9 aromatic rings. The van der Waals surface area contributed by atoms with Crippen molar-refractivity contribution < 1.29 is 56.6 Å². The molecule has 2 aliphatic heterocycles. The fourth-order valence-corrected chi connectivity index (χ4v) is 16.4. The number of fused-ring (bicyclic) bond motifs is 1. The van der Waals surface area contributed by atoms with Gasteiger partial charge in [0.15, 0.2) is 26.8 Å². The molecule has 0 bridgehead atoms. The number of nitrogens with zero attached hydrogens (tertiary/aromatic N) is 11. The van der Waals surface area contributed by atoms with Crippen molar-refractivity contribution in [3.8, 4) is 16.2 Å². The van der Waals surface area contributed by atoms with Crippen molar-refractivity contribution in [1.82, 2.24) is 86.3 Å². The molecular weight excluding hydrogens is 1600 g/mol. The van der Waals surface area contributed by atoms with Gasteiger partial charge >= 0.3 is 5.97 Å². The van der Waals surface area contributed by atoms with Crippen molar-refractivity contribution in [3.05, 3.63) is 164 Å². The molecular formula is C83H102ClN21O13S2. The Kier molecular flexibility index (Phi) is 29.3. The molecule has 34 nitrogen and oxygen atoms in total. The number of nitrogen functional groups attached to an aromatic ring is 1. The smallest absolute Gasteiger partial charge is 0.326 e. The van der Waals surface area contributed by atoms with Crippen molar-refractivity contribution in [2.45, 2.75) is 212 Å². The summed E-state index contributed by atoms with van der Waals surface area (Å²) in [6.07, 6.45) is 6.61. The third-order valence-electron chi connectivity index (χ3n) is 20.8. The van der Waals surface area contributed by atoms with Crippen molar-refractivity contribution >= 4 is 126 Å². The van der Waals surface area contributed by atoms with Gasteiger partial charge in [-0.25, -0.2) is 33.1 Å². The van der Waals surface area contributed by atoms with E-state index in [4.69, 9.17) is 22.1 Å². The molecule has 5 aromatic heterocycles. The minimum atomic E-state index is -3.65. The van der Waals surface area contributed by atoms with E-state index in [9.17, 15) is 51.9 Å². The molecule has 37 heteroatoms. The second-order valence-corrected chi connectivity index (χ2v) is 35.4. The number of unbranched alkanes of at least 4 members (excludes halogenated alkanes) is 1. The third-order valence-corrected chi connectivity index (χ3v) is 24.2. The number of hydrogen-bond acceptors (Lipinski definition) is 25. The van der Waals surface area contributed by atoms with Crippen LogP contribution in [-0.2, 0) is 63.0 Å². The molecule has 636 valence electrons. The van der Waals surface area contributed by atoms with E-state index in [2.05, 4.69) is 87.7 Å². The Labute approximate surface area is 703 Å². The highest BCUT2D eigenvalue weighted by molar-refractivity contribution is 7.92. The van der Waals surface area contributed by atoms with Gasteiger partial charge in [0.1, 0.15) is 34.6 Å². The lowest BCUT2D eigenvalue weighted by Gasteiger charge is -2.35. The Morgan fingerprint density at radius 3 is 2.22 bits per heavy atom. The quantitative estimate of drug-likeness (QED) is 0.0163. The first-order valence-electron chi connectivity index (χ1n) is 39.9. The maximum Gasteiger partial charge on any atom is 0.326 e. The number of aryl methyl sites for hydroxylation is 3. The number of thiazole rings is 1. The minimum absolute atomic E-state index is 0.0158. The molecule has 120 heavy (non-hydrogen) atoms. The summed E-state index contributed by atoms with van der Waals surface area (Å²) < 4.78 is 34.4. The maximum absolute atomic E-state index is 15.1. The predicted molar refractivity (Wildman–Crippen MR) is 454 cm³/mol. The van der Waals surface area contributed by atoms with Gasteiger partial charge in [0.25, 0.3) is 11.5 Å². The number of amides is 7. The molecule has 0 unspecified atom stereocenters. The number of aromatic amines is 1. The molecule has 4 aromatic carbocycles. The number of H-pyrrole nitrogens is 1. The normalized spacial score (nSPS) is 15.2. The lowest BCUT2D eigenvalue weighted by Crippen LogP contribution is -2.58. The predicted octanol–water partition coefficient (Wildman–Crippen LogP) is 9.66. The van der Waals surface area contributed by atoms with Gasteiger partial charge in [-0.15, -0.1) is 16.4 Å². The summed E-state index contributed by atoms with van der Waals surface area (Å²) in [5, 5.41) is 41.6. The highest BCUT2D eigenvalue weighted by Gasteiger charge is 2.46. The van der Waals surface area contributed by atoms with Gasteiger partial charge in [0.2, 0.25) is 47.3 Å². The highest BCUT2D eigenvalue weighted by atomic mass is 35.5. The number of sulfone groups is 1. The SMILES string of the molecule is Cc1cc(Nc2ncc(Cl)c(Nc3ccccc3S(=O)(=O)C(C)C)n2)c(OC(C)C)cc1C1CCN(C(=O)CCCC(=O)N[C@H](C(=O)N2C[C@H](NC(=O)CCCCn3cc(CNC(=O)CC[C@H](NC(=O)c4ccc(NCc5cnc6nc(N)[nH]c(=O)c6n5)cc4)C(=O)O)nn3)C[C@H]2C(=O)N[C@@H](C)c2ccc(-c3scnc3C)cc2)C(C)(C)C)CC1. The number of anilines is 6. The number of likely N-dealkylation sites (tertiary alicyclic amines) is 2. The van der Waals surface area contributed by atoms with Gasteiger partial charge in [-0.05, 0) is 176 Å². The van der Waals surface area contributed by atoms with Crippen LogP contribution in [0.2, 0.25) is 5.02 Å². The summed E-state index contributed by atoms with van der Waals surface area (Å²) in [7, 11) is -3.65. The van der Waals surface area contributed by atoms with E-state index >= 15 is 4.79 Å². The first-order valence-corrected chi connectivity index (χ1v) is 42.7. The van der Waals surface area contributed by atoms with Crippen LogP contribution in [0.5, 0.6) is 5.75 Å². The van der Waals surface area contributed by atoms with E-state index < -0.39 is 91.8 Å². The second kappa shape index (κ2) is 39.7.